The van der Waals surface area contributed by atoms with Gasteiger partial charge in [-0.1, -0.05) is 78.9 Å². The normalized spacial score (nSPS) is 19.3. The summed E-state index contributed by atoms with van der Waals surface area (Å²) in [5.74, 6) is 1.05. The number of piperidine rings is 1. The van der Waals surface area contributed by atoms with E-state index in [1.165, 1.54) is 21.9 Å². The molecule has 43 heavy (non-hydrogen) atoms. The number of benzene rings is 4. The fourth-order valence-electron chi connectivity index (χ4n) is 5.62. The summed E-state index contributed by atoms with van der Waals surface area (Å²) in [6, 6.07) is 33.3. The van der Waals surface area contributed by atoms with E-state index in [9.17, 15) is 10.2 Å². The Morgan fingerprint density at radius 3 is 2.37 bits per heavy atom. The maximum atomic E-state index is 9.77. The Balaban J connectivity index is 1.19. The van der Waals surface area contributed by atoms with E-state index in [2.05, 4.69) is 72.0 Å². The minimum Gasteiger partial charge on any atom is -0.494 e. The van der Waals surface area contributed by atoms with Crippen molar-refractivity contribution in [3.8, 4) is 5.75 Å². The van der Waals surface area contributed by atoms with Crippen LogP contribution < -0.4 is 10.1 Å². The van der Waals surface area contributed by atoms with Crippen LogP contribution in [0.3, 0.4) is 0 Å². The van der Waals surface area contributed by atoms with Crippen molar-refractivity contribution in [3.63, 3.8) is 0 Å². The molecule has 228 valence electrons. The molecule has 7 nitrogen and oxygen atoms in total. The lowest BCUT2D eigenvalue weighted by molar-refractivity contribution is -0.0416. The van der Waals surface area contributed by atoms with Crippen molar-refractivity contribution >= 4 is 10.8 Å². The summed E-state index contributed by atoms with van der Waals surface area (Å²) >= 11 is 0. The van der Waals surface area contributed by atoms with Crippen LogP contribution >= 0.6 is 0 Å². The summed E-state index contributed by atoms with van der Waals surface area (Å²) in [7, 11) is 0. The third kappa shape index (κ3) is 9.34. The smallest absolute Gasteiger partial charge is 0.119 e. The van der Waals surface area contributed by atoms with Crippen molar-refractivity contribution in [2.75, 3.05) is 46.1 Å². The number of rotatable bonds is 16. The Labute approximate surface area is 254 Å². The zero-order valence-corrected chi connectivity index (χ0v) is 24.6. The number of hydrogen-bond donors (Lipinski definition) is 3. The number of aliphatic hydroxyl groups excluding tert-OH is 2. The quantitative estimate of drug-likeness (QED) is 0.158. The van der Waals surface area contributed by atoms with Crippen LogP contribution in [0.25, 0.3) is 10.8 Å². The molecule has 0 spiro atoms. The van der Waals surface area contributed by atoms with Gasteiger partial charge in [-0.3, -0.25) is 0 Å². The molecule has 3 N–H and O–H groups in total. The highest BCUT2D eigenvalue weighted by atomic mass is 16.5. The van der Waals surface area contributed by atoms with E-state index in [-0.39, 0.29) is 31.2 Å². The number of ether oxygens (including phenoxy) is 4. The first kappa shape index (κ1) is 31.1. The van der Waals surface area contributed by atoms with Crippen LogP contribution in [0.5, 0.6) is 5.75 Å². The molecule has 0 unspecified atom stereocenters. The second-order valence-corrected chi connectivity index (χ2v) is 11.2. The standard InChI is InChI=1S/C36H43NO6/c38-22-33(39)26-41-25-32-20-37-21-35(43-24-28-11-12-29-9-4-5-10-31(29)19-28)36(32)30-13-15-34(16-14-30)42-18-6-17-40-23-27-7-2-1-3-8-27/h1-5,7-16,19,32-33,35-39H,6,17-18,20-26H2/t32-,33+,35-,36-/m0/s1. The molecule has 1 fully saturated rings. The zero-order valence-electron chi connectivity index (χ0n) is 24.6. The highest BCUT2D eigenvalue weighted by Gasteiger charge is 2.35. The lowest BCUT2D eigenvalue weighted by Gasteiger charge is -2.39. The average Bonchev–Trinajstić information content (AvgIpc) is 3.06. The van der Waals surface area contributed by atoms with E-state index in [1.54, 1.807) is 0 Å². The molecule has 0 amide bonds. The lowest BCUT2D eigenvalue weighted by atomic mass is 9.79. The van der Waals surface area contributed by atoms with Crippen LogP contribution in [-0.4, -0.2) is 68.5 Å². The summed E-state index contributed by atoms with van der Waals surface area (Å²) < 4.78 is 24.2. The molecular weight excluding hydrogens is 542 g/mol. The molecule has 0 aliphatic carbocycles. The maximum Gasteiger partial charge on any atom is 0.119 e. The molecule has 1 aliphatic heterocycles. The van der Waals surface area contributed by atoms with Gasteiger partial charge in [-0.25, -0.2) is 0 Å². The molecule has 0 aromatic heterocycles. The van der Waals surface area contributed by atoms with Crippen LogP contribution in [0.15, 0.2) is 97.1 Å². The van der Waals surface area contributed by atoms with E-state index >= 15 is 0 Å². The molecule has 4 aromatic rings. The summed E-state index contributed by atoms with van der Waals surface area (Å²) in [6.45, 7) is 4.10. The number of nitrogens with one attached hydrogen (secondary N) is 1. The van der Waals surface area contributed by atoms with E-state index < -0.39 is 6.10 Å². The van der Waals surface area contributed by atoms with Crippen LogP contribution in [0, 0.1) is 5.92 Å². The molecule has 5 rings (SSSR count). The maximum absolute atomic E-state index is 9.77. The van der Waals surface area contributed by atoms with E-state index in [0.29, 0.717) is 33.0 Å². The predicted molar refractivity (Wildman–Crippen MR) is 168 cm³/mol. The first-order valence-electron chi connectivity index (χ1n) is 15.2. The molecule has 0 saturated carbocycles. The van der Waals surface area contributed by atoms with Crippen molar-refractivity contribution in [2.24, 2.45) is 5.92 Å². The molecule has 0 radical (unpaired) electrons. The molecule has 1 aliphatic rings. The molecule has 0 bridgehead atoms. The number of fused-ring (bicyclic) bond motifs is 1. The van der Waals surface area contributed by atoms with Crippen molar-refractivity contribution in [1.29, 1.82) is 0 Å². The van der Waals surface area contributed by atoms with Gasteiger partial charge in [0.1, 0.15) is 11.9 Å². The molecule has 1 saturated heterocycles. The van der Waals surface area contributed by atoms with Crippen LogP contribution in [0.1, 0.15) is 29.0 Å². The Hall–Kier alpha value is -3.30. The first-order chi connectivity index (χ1) is 21.2. The molecule has 1 heterocycles. The monoisotopic (exact) mass is 585 g/mol. The van der Waals surface area contributed by atoms with E-state index in [0.717, 1.165) is 30.8 Å². The minimum atomic E-state index is -0.880. The highest BCUT2D eigenvalue weighted by molar-refractivity contribution is 5.82. The number of hydrogen-bond acceptors (Lipinski definition) is 7. The Bertz CT molecular complexity index is 1370. The van der Waals surface area contributed by atoms with E-state index in [4.69, 9.17) is 18.9 Å². The van der Waals surface area contributed by atoms with Gasteiger partial charge in [0.25, 0.3) is 0 Å². The van der Waals surface area contributed by atoms with Crippen molar-refractivity contribution < 1.29 is 29.2 Å². The molecule has 4 aromatic carbocycles. The lowest BCUT2D eigenvalue weighted by Crippen LogP contribution is -2.48. The topological polar surface area (TPSA) is 89.4 Å². The van der Waals surface area contributed by atoms with Crippen LogP contribution in [0.4, 0.5) is 0 Å². The molecule has 7 heteroatoms. The van der Waals surface area contributed by atoms with Crippen molar-refractivity contribution in [3.05, 3.63) is 114 Å². The van der Waals surface area contributed by atoms with Gasteiger partial charge < -0.3 is 34.5 Å². The van der Waals surface area contributed by atoms with Gasteiger partial charge in [0, 0.05) is 31.3 Å². The second-order valence-electron chi connectivity index (χ2n) is 11.2. The Kier molecular flexibility index (Phi) is 12.0. The third-order valence-corrected chi connectivity index (χ3v) is 7.87. The third-order valence-electron chi connectivity index (χ3n) is 7.87. The van der Waals surface area contributed by atoms with Gasteiger partial charge in [-0.15, -0.1) is 0 Å². The summed E-state index contributed by atoms with van der Waals surface area (Å²) in [6.07, 6.45) is -0.132. The van der Waals surface area contributed by atoms with Crippen LogP contribution in [0.2, 0.25) is 0 Å². The average molecular weight is 586 g/mol. The summed E-state index contributed by atoms with van der Waals surface area (Å²) in [5.41, 5.74) is 3.47. The SMILES string of the molecule is OC[C@@H](O)COC[C@@H]1CNC[C@H](OCc2ccc3ccccc3c2)[C@H]1c1ccc(OCCCOCc2ccccc2)cc1. The largest absolute Gasteiger partial charge is 0.494 e. The highest BCUT2D eigenvalue weighted by Crippen LogP contribution is 2.34. The van der Waals surface area contributed by atoms with Gasteiger partial charge in [-0.05, 0) is 45.7 Å². The minimum absolute atomic E-state index is 0.0647. The zero-order chi connectivity index (χ0) is 29.7. The fourth-order valence-corrected chi connectivity index (χ4v) is 5.62. The first-order valence-corrected chi connectivity index (χ1v) is 15.2. The van der Waals surface area contributed by atoms with Crippen molar-refractivity contribution in [2.45, 2.75) is 37.8 Å². The van der Waals surface area contributed by atoms with Gasteiger partial charge >= 0.3 is 0 Å². The van der Waals surface area contributed by atoms with Crippen molar-refractivity contribution in [1.82, 2.24) is 5.32 Å². The summed E-state index contributed by atoms with van der Waals surface area (Å²) in [5, 5.41) is 24.9. The Morgan fingerprint density at radius 2 is 1.56 bits per heavy atom. The van der Waals surface area contributed by atoms with Crippen LogP contribution in [-0.2, 0) is 27.4 Å². The number of aliphatic hydroxyl groups is 2. The summed E-state index contributed by atoms with van der Waals surface area (Å²) in [4.78, 5) is 0. The fraction of sp³-hybridized carbons (Fsp3) is 0.389. The van der Waals surface area contributed by atoms with Gasteiger partial charge in [0.15, 0.2) is 0 Å². The van der Waals surface area contributed by atoms with E-state index in [1.807, 2.05) is 30.3 Å². The van der Waals surface area contributed by atoms with Gasteiger partial charge in [0.2, 0.25) is 0 Å². The van der Waals surface area contributed by atoms with Gasteiger partial charge in [-0.2, -0.15) is 0 Å². The predicted octanol–water partition coefficient (Wildman–Crippen LogP) is 5.08. The molecule has 4 atom stereocenters. The van der Waals surface area contributed by atoms with Gasteiger partial charge in [0.05, 0.1) is 52.4 Å². The molecular formula is C36H43NO6. The Morgan fingerprint density at radius 1 is 0.767 bits per heavy atom. The second kappa shape index (κ2) is 16.5.